The van der Waals surface area contributed by atoms with Crippen LogP contribution in [-0.4, -0.2) is 50.7 Å². The average molecular weight is 657 g/mol. The molecule has 0 aliphatic heterocycles. The van der Waals surface area contributed by atoms with Crippen LogP contribution < -0.4 is 10.0 Å². The highest BCUT2D eigenvalue weighted by Gasteiger charge is 2.23. The molecule has 1 aliphatic rings. The molecule has 2 aromatic carbocycles. The van der Waals surface area contributed by atoms with Crippen LogP contribution >= 0.6 is 0 Å². The van der Waals surface area contributed by atoms with Crippen LogP contribution in [0.2, 0.25) is 0 Å². The van der Waals surface area contributed by atoms with Crippen molar-refractivity contribution in [2.24, 2.45) is 5.92 Å². The van der Waals surface area contributed by atoms with E-state index in [-0.39, 0.29) is 40.8 Å². The fraction of sp³-hybridized carbons (Fsp3) is 0.242. The van der Waals surface area contributed by atoms with Crippen LogP contribution in [0.4, 0.5) is 14.5 Å². The molecule has 4 N–H and O–H groups in total. The van der Waals surface area contributed by atoms with Crippen molar-refractivity contribution in [2.75, 3.05) is 11.6 Å². The zero-order chi connectivity index (χ0) is 32.7. The van der Waals surface area contributed by atoms with E-state index in [9.17, 15) is 17.6 Å². The maximum atomic E-state index is 16.3. The molecule has 0 spiro atoms. The largest absolute Gasteiger partial charge is 0.324 e. The molecule has 1 fully saturated rings. The Morgan fingerprint density at radius 3 is 2.64 bits per heavy atom. The van der Waals surface area contributed by atoms with E-state index >= 15 is 4.39 Å². The van der Waals surface area contributed by atoms with Crippen molar-refractivity contribution >= 4 is 43.7 Å². The predicted molar refractivity (Wildman–Crippen MR) is 174 cm³/mol. The number of imidazole rings is 1. The van der Waals surface area contributed by atoms with E-state index in [2.05, 4.69) is 35.2 Å². The summed E-state index contributed by atoms with van der Waals surface area (Å²) < 4.78 is 56.5. The summed E-state index contributed by atoms with van der Waals surface area (Å²) in [5.74, 6) is -0.939. The van der Waals surface area contributed by atoms with E-state index in [4.69, 9.17) is 4.98 Å². The fourth-order valence-corrected chi connectivity index (χ4v) is 6.54. The van der Waals surface area contributed by atoms with Gasteiger partial charge in [0.25, 0.3) is 0 Å². The predicted octanol–water partition coefficient (Wildman–Crippen LogP) is 6.08. The minimum atomic E-state index is -3.48. The maximum absolute atomic E-state index is 16.3. The number of hydrogen-bond acceptors (Lipinski definition) is 7. The van der Waals surface area contributed by atoms with Crippen LogP contribution in [0.1, 0.15) is 37.7 Å². The fourth-order valence-electron chi connectivity index (χ4n) is 6.11. The molecule has 11 nitrogen and oxygen atoms in total. The molecule has 0 saturated heterocycles. The van der Waals surface area contributed by atoms with Gasteiger partial charge in [0, 0.05) is 41.5 Å². The molecule has 0 unspecified atom stereocenters. The van der Waals surface area contributed by atoms with Gasteiger partial charge in [0.1, 0.15) is 22.8 Å². The number of sulfonamides is 1. The molecule has 47 heavy (non-hydrogen) atoms. The highest BCUT2D eigenvalue weighted by atomic mass is 32.2. The highest BCUT2D eigenvalue weighted by molar-refractivity contribution is 7.88. The topological polar surface area (TPSA) is 158 Å². The van der Waals surface area contributed by atoms with Crippen LogP contribution in [0.5, 0.6) is 0 Å². The lowest BCUT2D eigenvalue weighted by Crippen LogP contribution is -2.24. The first-order valence-corrected chi connectivity index (χ1v) is 17.0. The number of carbonyl (C=O) groups is 1. The number of fused-ring (bicyclic) bond motifs is 2. The number of halogens is 2. The van der Waals surface area contributed by atoms with Gasteiger partial charge in [0.05, 0.1) is 29.0 Å². The number of H-pyrrole nitrogens is 2. The van der Waals surface area contributed by atoms with E-state index in [1.54, 1.807) is 36.5 Å². The van der Waals surface area contributed by atoms with Gasteiger partial charge in [-0.1, -0.05) is 19.3 Å². The summed E-state index contributed by atoms with van der Waals surface area (Å²) in [5.41, 5.74) is 4.10. The number of rotatable bonds is 8. The van der Waals surface area contributed by atoms with Gasteiger partial charge in [-0.25, -0.2) is 31.9 Å². The first-order chi connectivity index (χ1) is 22.6. The van der Waals surface area contributed by atoms with Crippen molar-refractivity contribution in [3.8, 4) is 33.8 Å². The first kappa shape index (κ1) is 30.6. The number of pyridine rings is 2. The third kappa shape index (κ3) is 6.33. The minimum absolute atomic E-state index is 0.0346. The minimum Gasteiger partial charge on any atom is -0.324 e. The second kappa shape index (κ2) is 12.3. The average Bonchev–Trinajstić information content (AvgIpc) is 3.69. The van der Waals surface area contributed by atoms with Gasteiger partial charge in [-0.2, -0.15) is 5.10 Å². The van der Waals surface area contributed by atoms with Gasteiger partial charge in [-0.3, -0.25) is 14.9 Å². The van der Waals surface area contributed by atoms with Crippen LogP contribution in [0, 0.1) is 17.6 Å². The van der Waals surface area contributed by atoms with E-state index < -0.39 is 21.7 Å². The quantitative estimate of drug-likeness (QED) is 0.155. The SMILES string of the molecule is CS(=O)(=O)NCc1cc(F)cc(-c2ccnc3[nH]c(-c4n[nH]c5ccc(-c6cncc(NC(=O)C7CCCCC7)c6)c(F)c45)nc23)c1. The van der Waals surface area contributed by atoms with Crippen LogP contribution in [-0.2, 0) is 21.4 Å². The molecule has 0 atom stereocenters. The summed E-state index contributed by atoms with van der Waals surface area (Å²) in [6, 6.07) is 11.0. The Hall–Kier alpha value is -5.08. The molecule has 7 rings (SSSR count). The standard InChI is InChI=1S/C33H30F2N8O3S/c1-47(45,46)38-15-18-11-20(13-22(34)12-18)25-9-10-37-31-29(25)40-32(41-31)30-27-26(42-43-30)8-7-24(28(27)35)21-14-23(17-36-16-21)39-33(44)19-5-3-2-4-6-19/h7-14,16-17,19,38H,2-6,15H2,1H3,(H,39,44)(H,42,43)(H,37,40,41). The Morgan fingerprint density at radius 2 is 1.83 bits per heavy atom. The molecule has 1 amide bonds. The third-order valence-corrected chi connectivity index (χ3v) is 9.04. The Kier molecular flexibility index (Phi) is 7.98. The summed E-state index contributed by atoms with van der Waals surface area (Å²) >= 11 is 0. The highest BCUT2D eigenvalue weighted by Crippen LogP contribution is 2.36. The van der Waals surface area contributed by atoms with E-state index in [1.807, 2.05) is 0 Å². The van der Waals surface area contributed by atoms with Gasteiger partial charge in [0.15, 0.2) is 11.5 Å². The van der Waals surface area contributed by atoms with Crippen LogP contribution in [0.15, 0.2) is 61.1 Å². The summed E-state index contributed by atoms with van der Waals surface area (Å²) in [6.07, 6.45) is 10.6. The van der Waals surface area contributed by atoms with Crippen LogP contribution in [0.3, 0.4) is 0 Å². The molecular weight excluding hydrogens is 626 g/mol. The van der Waals surface area contributed by atoms with Crippen molar-refractivity contribution in [1.82, 2.24) is 34.9 Å². The Bertz CT molecular complexity index is 2260. The molecule has 14 heteroatoms. The van der Waals surface area contributed by atoms with Crippen LogP contribution in [0.25, 0.3) is 55.8 Å². The summed E-state index contributed by atoms with van der Waals surface area (Å²) in [6.45, 7) is -0.0875. The number of anilines is 1. The molecule has 6 aromatic rings. The lowest BCUT2D eigenvalue weighted by Gasteiger charge is -2.20. The smallest absolute Gasteiger partial charge is 0.227 e. The second-order valence-corrected chi connectivity index (χ2v) is 13.6. The van der Waals surface area contributed by atoms with E-state index in [0.717, 1.165) is 38.4 Å². The number of aromatic nitrogens is 6. The zero-order valence-electron chi connectivity index (χ0n) is 25.3. The van der Waals surface area contributed by atoms with Crippen molar-refractivity contribution in [1.29, 1.82) is 0 Å². The molecule has 0 radical (unpaired) electrons. The molecule has 1 aliphatic carbocycles. The number of benzene rings is 2. The molecular formula is C33H30F2N8O3S. The van der Waals surface area contributed by atoms with E-state index in [0.29, 0.717) is 44.6 Å². The lowest BCUT2D eigenvalue weighted by atomic mass is 9.88. The molecule has 240 valence electrons. The summed E-state index contributed by atoms with van der Waals surface area (Å²) in [5, 5.41) is 10.4. The summed E-state index contributed by atoms with van der Waals surface area (Å²) in [7, 11) is -3.48. The number of hydrogen-bond donors (Lipinski definition) is 4. The number of nitrogens with zero attached hydrogens (tertiary/aromatic N) is 4. The monoisotopic (exact) mass is 656 g/mol. The van der Waals surface area contributed by atoms with E-state index in [1.165, 1.54) is 24.5 Å². The van der Waals surface area contributed by atoms with Gasteiger partial charge in [0.2, 0.25) is 15.9 Å². The molecule has 0 bridgehead atoms. The van der Waals surface area contributed by atoms with Gasteiger partial charge in [-0.15, -0.1) is 0 Å². The van der Waals surface area contributed by atoms with Gasteiger partial charge in [-0.05, 0) is 66.4 Å². The van der Waals surface area contributed by atoms with Gasteiger partial charge >= 0.3 is 0 Å². The molecule has 1 saturated carbocycles. The number of amides is 1. The Labute approximate surface area is 268 Å². The zero-order valence-corrected chi connectivity index (χ0v) is 26.1. The Balaban J connectivity index is 1.24. The van der Waals surface area contributed by atoms with Crippen molar-refractivity contribution in [2.45, 2.75) is 38.6 Å². The number of carbonyl (C=O) groups excluding carboxylic acids is 1. The number of aromatic amines is 2. The molecule has 4 aromatic heterocycles. The van der Waals surface area contributed by atoms with Crippen molar-refractivity contribution in [3.05, 3.63) is 78.3 Å². The molecule has 4 heterocycles. The number of nitrogens with one attached hydrogen (secondary N) is 4. The third-order valence-electron chi connectivity index (χ3n) is 8.38. The normalized spacial score (nSPS) is 14.2. The summed E-state index contributed by atoms with van der Waals surface area (Å²) in [4.78, 5) is 29.3. The van der Waals surface area contributed by atoms with Crippen molar-refractivity contribution in [3.63, 3.8) is 0 Å². The lowest BCUT2D eigenvalue weighted by molar-refractivity contribution is -0.120. The van der Waals surface area contributed by atoms with Crippen molar-refractivity contribution < 1.29 is 22.0 Å². The maximum Gasteiger partial charge on any atom is 0.227 e. The first-order valence-electron chi connectivity index (χ1n) is 15.2. The second-order valence-electron chi connectivity index (χ2n) is 11.8. The van der Waals surface area contributed by atoms with Gasteiger partial charge < -0.3 is 10.3 Å². The Morgan fingerprint density at radius 1 is 1.00 bits per heavy atom.